The zero-order chi connectivity index (χ0) is 19.6. The molecule has 0 saturated carbocycles. The Labute approximate surface area is 156 Å². The van der Waals surface area contributed by atoms with Gasteiger partial charge in [-0.15, -0.1) is 0 Å². The standard InChI is InChI=1S/C20H23F3N4/c1-4-26(5-2)14-16-7-6-12-27(16)25(3)19-10-11-24-18-13-15(20(21,22)23)8-9-17(18)19/h6-13H,4-5,14H2,1-3H3. The van der Waals surface area contributed by atoms with Crippen LogP contribution in [-0.2, 0) is 12.7 Å². The van der Waals surface area contributed by atoms with Gasteiger partial charge < -0.3 is 0 Å². The minimum atomic E-state index is -4.38. The fraction of sp³-hybridized carbons (Fsp3) is 0.350. The van der Waals surface area contributed by atoms with E-state index in [1.807, 2.05) is 35.1 Å². The summed E-state index contributed by atoms with van der Waals surface area (Å²) in [7, 11) is 1.90. The molecule has 0 aliphatic heterocycles. The Morgan fingerprint density at radius 1 is 1.07 bits per heavy atom. The molecule has 1 aromatic carbocycles. The van der Waals surface area contributed by atoms with Crippen LogP contribution in [0.25, 0.3) is 10.9 Å². The van der Waals surface area contributed by atoms with Gasteiger partial charge in [0.05, 0.1) is 22.5 Å². The summed E-state index contributed by atoms with van der Waals surface area (Å²) in [6.45, 7) is 6.93. The molecular formula is C20H23F3N4. The number of benzene rings is 1. The molecule has 0 saturated heterocycles. The second-order valence-electron chi connectivity index (χ2n) is 6.39. The summed E-state index contributed by atoms with van der Waals surface area (Å²) in [5.74, 6) is 0. The Hall–Kier alpha value is -2.54. The van der Waals surface area contributed by atoms with Gasteiger partial charge in [-0.25, -0.2) is 0 Å². The predicted molar refractivity (Wildman–Crippen MR) is 102 cm³/mol. The SMILES string of the molecule is CCN(CC)Cc1cccn1N(C)c1ccnc2cc(C(F)(F)F)ccc12. The maximum absolute atomic E-state index is 13.0. The first-order valence-corrected chi connectivity index (χ1v) is 8.93. The Kier molecular flexibility index (Phi) is 5.41. The van der Waals surface area contributed by atoms with Crippen LogP contribution in [0.2, 0.25) is 0 Å². The van der Waals surface area contributed by atoms with Crippen molar-refractivity contribution in [3.8, 4) is 0 Å². The Morgan fingerprint density at radius 2 is 1.81 bits per heavy atom. The molecule has 3 rings (SSSR count). The molecule has 2 heterocycles. The molecule has 2 aromatic heterocycles. The van der Waals surface area contributed by atoms with E-state index in [0.29, 0.717) is 10.9 Å². The summed E-state index contributed by atoms with van der Waals surface area (Å²) in [6, 6.07) is 9.54. The van der Waals surface area contributed by atoms with E-state index in [1.165, 1.54) is 6.07 Å². The Balaban J connectivity index is 2.00. The van der Waals surface area contributed by atoms with Gasteiger partial charge in [0, 0.05) is 31.4 Å². The number of alkyl halides is 3. The molecule has 0 bridgehead atoms. The highest BCUT2D eigenvalue weighted by atomic mass is 19.4. The molecule has 7 heteroatoms. The van der Waals surface area contributed by atoms with E-state index >= 15 is 0 Å². The van der Waals surface area contributed by atoms with Crippen molar-refractivity contribution in [1.29, 1.82) is 0 Å². The molecule has 0 fully saturated rings. The van der Waals surface area contributed by atoms with Crippen molar-refractivity contribution >= 4 is 16.6 Å². The van der Waals surface area contributed by atoms with Gasteiger partial charge in [-0.2, -0.15) is 13.2 Å². The number of rotatable bonds is 6. The monoisotopic (exact) mass is 376 g/mol. The van der Waals surface area contributed by atoms with Gasteiger partial charge in [0.15, 0.2) is 0 Å². The van der Waals surface area contributed by atoms with Crippen LogP contribution >= 0.6 is 0 Å². The number of fused-ring (bicyclic) bond motifs is 1. The smallest absolute Gasteiger partial charge is 0.298 e. The number of aromatic nitrogens is 2. The highest BCUT2D eigenvalue weighted by Crippen LogP contribution is 2.33. The number of hydrogen-bond acceptors (Lipinski definition) is 3. The minimum Gasteiger partial charge on any atom is -0.298 e. The van der Waals surface area contributed by atoms with E-state index in [1.54, 1.807) is 6.20 Å². The van der Waals surface area contributed by atoms with Crippen LogP contribution in [0.4, 0.5) is 18.9 Å². The number of nitrogens with zero attached hydrogens (tertiary/aromatic N) is 4. The lowest BCUT2D eigenvalue weighted by molar-refractivity contribution is -0.137. The quantitative estimate of drug-likeness (QED) is 0.618. The fourth-order valence-electron chi connectivity index (χ4n) is 3.21. The summed E-state index contributed by atoms with van der Waals surface area (Å²) in [4.78, 5) is 6.44. The molecular weight excluding hydrogens is 353 g/mol. The first-order valence-electron chi connectivity index (χ1n) is 8.93. The molecule has 144 valence electrons. The van der Waals surface area contributed by atoms with Gasteiger partial charge in [0.2, 0.25) is 0 Å². The minimum absolute atomic E-state index is 0.326. The molecule has 0 N–H and O–H groups in total. The van der Waals surface area contributed by atoms with Crippen molar-refractivity contribution in [3.63, 3.8) is 0 Å². The van der Waals surface area contributed by atoms with Crippen molar-refractivity contribution in [2.75, 3.05) is 25.1 Å². The van der Waals surface area contributed by atoms with E-state index < -0.39 is 11.7 Å². The number of halogens is 3. The lowest BCUT2D eigenvalue weighted by Crippen LogP contribution is -2.30. The van der Waals surface area contributed by atoms with Crippen molar-refractivity contribution < 1.29 is 13.2 Å². The van der Waals surface area contributed by atoms with Gasteiger partial charge in [-0.3, -0.25) is 19.6 Å². The van der Waals surface area contributed by atoms with Gasteiger partial charge in [-0.1, -0.05) is 19.9 Å². The normalized spacial score (nSPS) is 12.1. The molecule has 0 unspecified atom stereocenters. The first-order chi connectivity index (χ1) is 12.8. The summed E-state index contributed by atoms with van der Waals surface area (Å²) < 4.78 is 41.0. The lowest BCUT2D eigenvalue weighted by Gasteiger charge is -2.27. The molecule has 27 heavy (non-hydrogen) atoms. The average molecular weight is 376 g/mol. The van der Waals surface area contributed by atoms with E-state index in [2.05, 4.69) is 29.8 Å². The van der Waals surface area contributed by atoms with E-state index in [4.69, 9.17) is 0 Å². The summed E-state index contributed by atoms with van der Waals surface area (Å²) >= 11 is 0. The summed E-state index contributed by atoms with van der Waals surface area (Å²) in [6.07, 6.45) is -0.883. The van der Waals surface area contributed by atoms with Crippen molar-refractivity contribution in [2.24, 2.45) is 0 Å². The zero-order valence-electron chi connectivity index (χ0n) is 15.7. The molecule has 0 aliphatic rings. The third kappa shape index (κ3) is 3.93. The van der Waals surface area contributed by atoms with Crippen molar-refractivity contribution in [1.82, 2.24) is 14.6 Å². The lowest BCUT2D eigenvalue weighted by atomic mass is 10.1. The van der Waals surface area contributed by atoms with E-state index in [0.717, 1.165) is 43.1 Å². The molecule has 0 atom stereocenters. The van der Waals surface area contributed by atoms with Crippen LogP contribution in [0.15, 0.2) is 48.8 Å². The van der Waals surface area contributed by atoms with Gasteiger partial charge in [0.1, 0.15) is 0 Å². The second kappa shape index (κ2) is 7.60. The maximum Gasteiger partial charge on any atom is 0.416 e. The number of pyridine rings is 1. The molecule has 0 radical (unpaired) electrons. The Morgan fingerprint density at radius 3 is 2.48 bits per heavy atom. The predicted octanol–water partition coefficient (Wildman–Crippen LogP) is 4.80. The maximum atomic E-state index is 13.0. The third-order valence-corrected chi connectivity index (χ3v) is 4.81. The molecule has 0 aliphatic carbocycles. The number of hydrogen-bond donors (Lipinski definition) is 0. The number of anilines is 1. The van der Waals surface area contributed by atoms with Crippen molar-refractivity contribution in [2.45, 2.75) is 26.6 Å². The van der Waals surface area contributed by atoms with Gasteiger partial charge in [-0.05, 0) is 43.4 Å². The highest BCUT2D eigenvalue weighted by Gasteiger charge is 2.30. The molecule has 0 spiro atoms. The van der Waals surface area contributed by atoms with E-state index in [-0.39, 0.29) is 0 Å². The topological polar surface area (TPSA) is 24.3 Å². The Bertz CT molecular complexity index is 913. The third-order valence-electron chi connectivity index (χ3n) is 4.81. The summed E-state index contributed by atoms with van der Waals surface area (Å²) in [5.41, 5.74) is 1.54. The van der Waals surface area contributed by atoms with Crippen LogP contribution in [0.1, 0.15) is 25.1 Å². The average Bonchev–Trinajstić information content (AvgIpc) is 3.12. The molecule has 4 nitrogen and oxygen atoms in total. The van der Waals surface area contributed by atoms with Crippen LogP contribution in [0.5, 0.6) is 0 Å². The van der Waals surface area contributed by atoms with E-state index in [9.17, 15) is 13.2 Å². The van der Waals surface area contributed by atoms with Crippen molar-refractivity contribution in [3.05, 3.63) is 60.0 Å². The second-order valence-corrected chi connectivity index (χ2v) is 6.39. The van der Waals surface area contributed by atoms with Gasteiger partial charge in [0.25, 0.3) is 0 Å². The van der Waals surface area contributed by atoms with Crippen LogP contribution in [0, 0.1) is 0 Å². The zero-order valence-corrected chi connectivity index (χ0v) is 15.7. The summed E-state index contributed by atoms with van der Waals surface area (Å²) in [5, 5.41) is 2.62. The van der Waals surface area contributed by atoms with Crippen LogP contribution in [-0.4, -0.2) is 34.7 Å². The van der Waals surface area contributed by atoms with Gasteiger partial charge >= 0.3 is 6.18 Å². The van der Waals surface area contributed by atoms with Crippen LogP contribution < -0.4 is 5.01 Å². The molecule has 0 amide bonds. The fourth-order valence-corrected chi connectivity index (χ4v) is 3.21. The largest absolute Gasteiger partial charge is 0.416 e. The molecule has 3 aromatic rings. The van der Waals surface area contributed by atoms with Crippen LogP contribution in [0.3, 0.4) is 0 Å². The first kappa shape index (κ1) is 19.2. The highest BCUT2D eigenvalue weighted by molar-refractivity contribution is 5.91.